The number of imide groups is 1. The van der Waals surface area contributed by atoms with Gasteiger partial charge in [0.2, 0.25) is 11.8 Å². The Labute approximate surface area is 201 Å². The highest BCUT2D eigenvalue weighted by molar-refractivity contribution is 9.10. The number of halogens is 2. The van der Waals surface area contributed by atoms with E-state index in [9.17, 15) is 14.4 Å². The summed E-state index contributed by atoms with van der Waals surface area (Å²) in [6, 6.07) is 22.7. The first-order valence-electron chi connectivity index (χ1n) is 10.4. The zero-order valence-corrected chi connectivity index (χ0v) is 20.2. The maximum atomic E-state index is 14.0. The number of Topliss-reactive ketones (excluding diaryl/α,β-unsaturated/α-hetero) is 1. The third-order valence-electron chi connectivity index (χ3n) is 7.10. The molecule has 0 aromatic heterocycles. The van der Waals surface area contributed by atoms with E-state index in [2.05, 4.69) is 31.9 Å². The molecule has 2 amide bonds. The van der Waals surface area contributed by atoms with E-state index in [1.54, 1.807) is 24.3 Å². The van der Waals surface area contributed by atoms with Crippen molar-refractivity contribution in [1.29, 1.82) is 0 Å². The van der Waals surface area contributed by atoms with Gasteiger partial charge in [-0.25, -0.2) is 4.90 Å². The van der Waals surface area contributed by atoms with Gasteiger partial charge in [0.1, 0.15) is 0 Å². The summed E-state index contributed by atoms with van der Waals surface area (Å²) in [5.74, 6) is -1.88. The van der Waals surface area contributed by atoms with Crippen molar-refractivity contribution in [3.05, 3.63) is 101 Å². The quantitative estimate of drug-likeness (QED) is 0.247. The zero-order valence-electron chi connectivity index (χ0n) is 17.0. The van der Waals surface area contributed by atoms with Crippen LogP contribution in [0, 0.1) is 11.8 Å². The van der Waals surface area contributed by atoms with E-state index in [1.807, 2.05) is 48.5 Å². The van der Waals surface area contributed by atoms with Crippen LogP contribution >= 0.6 is 31.9 Å². The fourth-order valence-corrected chi connectivity index (χ4v) is 8.09. The maximum absolute atomic E-state index is 14.0. The Morgan fingerprint density at radius 2 is 1.19 bits per heavy atom. The van der Waals surface area contributed by atoms with Gasteiger partial charge >= 0.3 is 0 Å². The molecule has 6 heteroatoms. The van der Waals surface area contributed by atoms with Gasteiger partial charge in [-0.15, -0.1) is 0 Å². The van der Waals surface area contributed by atoms with Crippen LogP contribution in [0.3, 0.4) is 0 Å². The van der Waals surface area contributed by atoms with Gasteiger partial charge in [-0.05, 0) is 41.3 Å². The van der Waals surface area contributed by atoms with Crippen molar-refractivity contribution in [1.82, 2.24) is 0 Å². The van der Waals surface area contributed by atoms with Crippen LogP contribution in [0.25, 0.3) is 0 Å². The van der Waals surface area contributed by atoms with E-state index in [4.69, 9.17) is 0 Å². The van der Waals surface area contributed by atoms with Gasteiger partial charge in [0, 0.05) is 5.56 Å². The number of rotatable bonds is 2. The molecule has 0 N–H and O–H groups in total. The Morgan fingerprint density at radius 1 is 0.750 bits per heavy atom. The molecule has 1 saturated heterocycles. The lowest BCUT2D eigenvalue weighted by molar-refractivity contribution is -0.122. The van der Waals surface area contributed by atoms with Gasteiger partial charge in [0.25, 0.3) is 0 Å². The number of hydrogen-bond acceptors (Lipinski definition) is 3. The lowest BCUT2D eigenvalue weighted by atomic mass is 9.54. The number of ketones is 1. The molecular weight excluding hydrogens is 534 g/mol. The molecule has 2 bridgehead atoms. The van der Waals surface area contributed by atoms with Gasteiger partial charge in [-0.3, -0.25) is 14.4 Å². The van der Waals surface area contributed by atoms with Crippen LogP contribution in [0.4, 0.5) is 5.69 Å². The van der Waals surface area contributed by atoms with Crippen molar-refractivity contribution in [3.63, 3.8) is 0 Å². The summed E-state index contributed by atoms with van der Waals surface area (Å²) in [6.45, 7) is 1.47. The standard InChI is InChI=1S/C26H17Br2NO3/c1-14(30)15-7-6-8-16(13-15)29-23(31)21-22(24(29)32)26(28)18-10-3-2-9-17(18)25(21,27)19-11-4-5-12-20(19)26/h2-13,21-22H,1H3. The number of nitrogens with zero attached hydrogens (tertiary/aromatic N) is 1. The maximum Gasteiger partial charge on any atom is 0.239 e. The van der Waals surface area contributed by atoms with Crippen LogP contribution in [0.5, 0.6) is 0 Å². The molecule has 4 aliphatic rings. The average Bonchev–Trinajstić information content (AvgIpc) is 3.08. The van der Waals surface area contributed by atoms with Crippen molar-refractivity contribution in [2.24, 2.45) is 11.8 Å². The molecule has 32 heavy (non-hydrogen) atoms. The molecule has 1 aliphatic heterocycles. The van der Waals surface area contributed by atoms with Gasteiger partial charge in [0.15, 0.2) is 5.78 Å². The van der Waals surface area contributed by atoms with E-state index in [0.717, 1.165) is 22.3 Å². The number of alkyl halides is 2. The fraction of sp³-hybridized carbons (Fsp3) is 0.192. The van der Waals surface area contributed by atoms with Crippen molar-refractivity contribution < 1.29 is 14.4 Å². The Kier molecular flexibility index (Phi) is 4.07. The molecule has 2 atom stereocenters. The average molecular weight is 551 g/mol. The minimum atomic E-state index is -0.819. The Balaban J connectivity index is 1.63. The number of hydrogen-bond donors (Lipinski definition) is 0. The van der Waals surface area contributed by atoms with Crippen LogP contribution < -0.4 is 4.90 Å². The smallest absolute Gasteiger partial charge is 0.239 e. The van der Waals surface area contributed by atoms with Crippen LogP contribution in [0.15, 0.2) is 72.8 Å². The highest BCUT2D eigenvalue weighted by Crippen LogP contribution is 2.70. The minimum absolute atomic E-state index is 0.114. The van der Waals surface area contributed by atoms with Crippen molar-refractivity contribution in [2.75, 3.05) is 4.90 Å². The number of benzene rings is 3. The topological polar surface area (TPSA) is 54.5 Å². The predicted molar refractivity (Wildman–Crippen MR) is 128 cm³/mol. The second-order valence-electron chi connectivity index (χ2n) is 8.59. The molecule has 0 radical (unpaired) electrons. The Bertz CT molecular complexity index is 1240. The van der Waals surface area contributed by atoms with Crippen molar-refractivity contribution >= 4 is 55.1 Å². The SMILES string of the molecule is CC(=O)c1cccc(N2C(=O)C3C(C2=O)C2(Br)c4ccccc4C3(Br)c3ccccc32)c1. The first-order chi connectivity index (χ1) is 15.3. The molecule has 3 aromatic rings. The normalized spacial score (nSPS) is 29.5. The lowest BCUT2D eigenvalue weighted by Gasteiger charge is -2.55. The number of anilines is 1. The summed E-state index contributed by atoms with van der Waals surface area (Å²) in [5, 5.41) is 0. The number of carbonyl (C=O) groups excluding carboxylic acids is 3. The summed E-state index contributed by atoms with van der Waals surface area (Å²) in [4.78, 5) is 41.1. The van der Waals surface area contributed by atoms with E-state index in [1.165, 1.54) is 11.8 Å². The largest absolute Gasteiger partial charge is 0.295 e. The molecule has 0 saturated carbocycles. The molecule has 1 fully saturated rings. The Hall–Kier alpha value is -2.57. The minimum Gasteiger partial charge on any atom is -0.295 e. The van der Waals surface area contributed by atoms with Gasteiger partial charge in [0.05, 0.1) is 26.2 Å². The molecule has 158 valence electrons. The fourth-order valence-electron chi connectivity index (χ4n) is 5.79. The summed E-state index contributed by atoms with van der Waals surface area (Å²) in [5.41, 5.74) is 4.89. The molecule has 3 aliphatic carbocycles. The van der Waals surface area contributed by atoms with Crippen molar-refractivity contribution in [3.8, 4) is 0 Å². The highest BCUT2D eigenvalue weighted by atomic mass is 79.9. The molecule has 0 spiro atoms. The van der Waals surface area contributed by atoms with Gasteiger partial charge < -0.3 is 0 Å². The van der Waals surface area contributed by atoms with E-state index < -0.39 is 20.5 Å². The summed E-state index contributed by atoms with van der Waals surface area (Å²) >= 11 is 7.98. The zero-order chi connectivity index (χ0) is 22.4. The van der Waals surface area contributed by atoms with Crippen LogP contribution in [-0.4, -0.2) is 17.6 Å². The number of carbonyl (C=O) groups is 3. The third kappa shape index (κ3) is 2.20. The molecule has 4 nitrogen and oxygen atoms in total. The highest BCUT2D eigenvalue weighted by Gasteiger charge is 2.72. The first kappa shape index (κ1) is 20.1. The predicted octanol–water partition coefficient (Wildman–Crippen LogP) is 5.30. The molecule has 1 heterocycles. The molecule has 7 rings (SSSR count). The summed E-state index contributed by atoms with van der Waals surface area (Å²) in [7, 11) is 0. The second kappa shape index (κ2) is 6.49. The molecular formula is C26H17Br2NO3. The van der Waals surface area contributed by atoms with Crippen LogP contribution in [0.1, 0.15) is 39.5 Å². The van der Waals surface area contributed by atoms with E-state index in [-0.39, 0.29) is 17.6 Å². The van der Waals surface area contributed by atoms with Crippen LogP contribution in [0.2, 0.25) is 0 Å². The van der Waals surface area contributed by atoms with E-state index >= 15 is 0 Å². The second-order valence-corrected chi connectivity index (χ2v) is 11.1. The monoisotopic (exact) mass is 549 g/mol. The van der Waals surface area contributed by atoms with Gasteiger partial charge in [-0.2, -0.15) is 0 Å². The molecule has 2 unspecified atom stereocenters. The summed E-state index contributed by atoms with van der Waals surface area (Å²) in [6.07, 6.45) is 0. The Morgan fingerprint density at radius 3 is 1.59 bits per heavy atom. The number of amides is 2. The van der Waals surface area contributed by atoms with Gasteiger partial charge in [-0.1, -0.05) is 92.5 Å². The third-order valence-corrected chi connectivity index (χ3v) is 9.79. The lowest BCUT2D eigenvalue weighted by Crippen LogP contribution is -2.56. The molecule has 3 aromatic carbocycles. The van der Waals surface area contributed by atoms with Crippen LogP contribution in [-0.2, 0) is 18.2 Å². The first-order valence-corrected chi connectivity index (χ1v) is 12.0. The summed E-state index contributed by atoms with van der Waals surface area (Å²) < 4.78 is -1.64. The van der Waals surface area contributed by atoms with E-state index in [0.29, 0.717) is 11.3 Å². The van der Waals surface area contributed by atoms with Crippen molar-refractivity contribution in [2.45, 2.75) is 15.6 Å².